The summed E-state index contributed by atoms with van der Waals surface area (Å²) in [5, 5.41) is 2.32. The lowest BCUT2D eigenvalue weighted by Crippen LogP contribution is -1.90. The fourth-order valence-electron chi connectivity index (χ4n) is 4.53. The topological polar surface area (TPSA) is 13.1 Å². The SMILES string of the molecule is c1ccc(-c2ccccc2-c2ccc3oc4ccccc4c3c2-c2ccccc2)cc1. The van der Waals surface area contributed by atoms with Crippen molar-refractivity contribution in [3.05, 3.63) is 121 Å². The minimum atomic E-state index is 0.918. The molecule has 0 saturated heterocycles. The van der Waals surface area contributed by atoms with Gasteiger partial charge in [-0.2, -0.15) is 0 Å². The van der Waals surface area contributed by atoms with Crippen LogP contribution in [0.5, 0.6) is 0 Å². The molecule has 1 aromatic heterocycles. The van der Waals surface area contributed by atoms with Gasteiger partial charge in [0.05, 0.1) is 0 Å². The summed E-state index contributed by atoms with van der Waals surface area (Å²) in [5.41, 5.74) is 9.12. The smallest absolute Gasteiger partial charge is 0.136 e. The normalized spacial score (nSPS) is 11.2. The van der Waals surface area contributed by atoms with Gasteiger partial charge in [-0.3, -0.25) is 0 Å². The highest BCUT2D eigenvalue weighted by molar-refractivity contribution is 6.16. The Hall–Kier alpha value is -4.10. The summed E-state index contributed by atoms with van der Waals surface area (Å²) in [5.74, 6) is 0. The van der Waals surface area contributed by atoms with Gasteiger partial charge in [0, 0.05) is 16.3 Å². The van der Waals surface area contributed by atoms with Crippen LogP contribution >= 0.6 is 0 Å². The summed E-state index contributed by atoms with van der Waals surface area (Å²) >= 11 is 0. The van der Waals surface area contributed by atoms with E-state index in [9.17, 15) is 0 Å². The molecule has 1 nitrogen and oxygen atoms in total. The van der Waals surface area contributed by atoms with Gasteiger partial charge in [-0.1, -0.05) is 103 Å². The minimum absolute atomic E-state index is 0.918. The van der Waals surface area contributed by atoms with E-state index in [1.54, 1.807) is 0 Å². The molecule has 0 saturated carbocycles. The molecule has 0 atom stereocenters. The molecule has 6 rings (SSSR count). The Morgan fingerprint density at radius 1 is 0.387 bits per heavy atom. The number of rotatable bonds is 3. The molecule has 6 aromatic rings. The minimum Gasteiger partial charge on any atom is -0.456 e. The van der Waals surface area contributed by atoms with E-state index in [2.05, 4.69) is 109 Å². The number of hydrogen-bond donors (Lipinski definition) is 0. The van der Waals surface area contributed by atoms with Gasteiger partial charge in [-0.15, -0.1) is 0 Å². The average Bonchev–Trinajstić information content (AvgIpc) is 3.23. The van der Waals surface area contributed by atoms with Crippen LogP contribution < -0.4 is 0 Å². The van der Waals surface area contributed by atoms with Crippen molar-refractivity contribution in [2.24, 2.45) is 0 Å². The van der Waals surface area contributed by atoms with Crippen molar-refractivity contribution in [2.75, 3.05) is 0 Å². The van der Waals surface area contributed by atoms with Crippen LogP contribution in [0.15, 0.2) is 126 Å². The van der Waals surface area contributed by atoms with E-state index < -0.39 is 0 Å². The van der Waals surface area contributed by atoms with Crippen LogP contribution in [0.4, 0.5) is 0 Å². The lowest BCUT2D eigenvalue weighted by atomic mass is 9.87. The Morgan fingerprint density at radius 2 is 1.00 bits per heavy atom. The quantitative estimate of drug-likeness (QED) is 0.292. The van der Waals surface area contributed by atoms with Gasteiger partial charge >= 0.3 is 0 Å². The monoisotopic (exact) mass is 396 g/mol. The molecule has 0 aliphatic carbocycles. The van der Waals surface area contributed by atoms with Gasteiger partial charge in [-0.05, 0) is 46.0 Å². The Labute approximate surface area is 181 Å². The predicted molar refractivity (Wildman–Crippen MR) is 130 cm³/mol. The zero-order valence-corrected chi connectivity index (χ0v) is 17.0. The van der Waals surface area contributed by atoms with Crippen molar-refractivity contribution < 1.29 is 4.42 Å². The third-order valence-electron chi connectivity index (χ3n) is 5.91. The van der Waals surface area contributed by atoms with Gasteiger partial charge in [0.1, 0.15) is 11.2 Å². The first-order valence-electron chi connectivity index (χ1n) is 10.5. The molecule has 1 heterocycles. The second kappa shape index (κ2) is 7.30. The number of para-hydroxylation sites is 1. The summed E-state index contributed by atoms with van der Waals surface area (Å²) in [4.78, 5) is 0. The largest absolute Gasteiger partial charge is 0.456 e. The maximum Gasteiger partial charge on any atom is 0.136 e. The third-order valence-corrected chi connectivity index (χ3v) is 5.91. The first-order chi connectivity index (χ1) is 15.4. The van der Waals surface area contributed by atoms with E-state index in [-0.39, 0.29) is 0 Å². The highest BCUT2D eigenvalue weighted by Gasteiger charge is 2.19. The lowest BCUT2D eigenvalue weighted by Gasteiger charge is -2.16. The first-order valence-corrected chi connectivity index (χ1v) is 10.5. The summed E-state index contributed by atoms with van der Waals surface area (Å²) in [6, 6.07) is 42.5. The summed E-state index contributed by atoms with van der Waals surface area (Å²) < 4.78 is 6.22. The molecule has 0 spiro atoms. The fraction of sp³-hybridized carbons (Fsp3) is 0. The molecule has 0 radical (unpaired) electrons. The van der Waals surface area contributed by atoms with Crippen LogP contribution in [-0.4, -0.2) is 0 Å². The Morgan fingerprint density at radius 3 is 1.77 bits per heavy atom. The van der Waals surface area contributed by atoms with Crippen molar-refractivity contribution in [1.82, 2.24) is 0 Å². The molecule has 0 aliphatic heterocycles. The highest BCUT2D eigenvalue weighted by Crippen LogP contribution is 2.44. The van der Waals surface area contributed by atoms with Crippen LogP contribution in [0.3, 0.4) is 0 Å². The van der Waals surface area contributed by atoms with E-state index in [0.717, 1.165) is 16.6 Å². The second-order valence-corrected chi connectivity index (χ2v) is 7.74. The molecule has 0 fully saturated rings. The molecule has 5 aromatic carbocycles. The van der Waals surface area contributed by atoms with Crippen molar-refractivity contribution in [3.63, 3.8) is 0 Å². The zero-order chi connectivity index (χ0) is 20.6. The summed E-state index contributed by atoms with van der Waals surface area (Å²) in [6.45, 7) is 0. The van der Waals surface area contributed by atoms with E-state index in [1.807, 2.05) is 12.1 Å². The summed E-state index contributed by atoms with van der Waals surface area (Å²) in [7, 11) is 0. The Bertz CT molecular complexity index is 1510. The van der Waals surface area contributed by atoms with Gasteiger partial charge in [-0.25, -0.2) is 0 Å². The van der Waals surface area contributed by atoms with E-state index in [0.29, 0.717) is 0 Å². The number of benzene rings is 5. The first kappa shape index (κ1) is 17.7. The maximum atomic E-state index is 6.22. The Kier molecular flexibility index (Phi) is 4.18. The molecule has 1 heteroatoms. The van der Waals surface area contributed by atoms with Crippen molar-refractivity contribution in [1.29, 1.82) is 0 Å². The standard InChI is InChI=1S/C30H20O/c1-3-11-21(12-4-1)23-15-7-8-16-24(23)25-19-20-28-30(26-17-9-10-18-27(26)31-28)29(25)22-13-5-2-6-14-22/h1-20H. The highest BCUT2D eigenvalue weighted by atomic mass is 16.3. The molecule has 0 amide bonds. The van der Waals surface area contributed by atoms with Gasteiger partial charge in [0.2, 0.25) is 0 Å². The summed E-state index contributed by atoms with van der Waals surface area (Å²) in [6.07, 6.45) is 0. The lowest BCUT2D eigenvalue weighted by molar-refractivity contribution is 0.669. The Balaban J connectivity index is 1.74. The molecular formula is C30H20O. The van der Waals surface area contributed by atoms with Crippen LogP contribution in [0.2, 0.25) is 0 Å². The fourth-order valence-corrected chi connectivity index (χ4v) is 4.53. The molecule has 0 aliphatic rings. The van der Waals surface area contributed by atoms with Crippen molar-refractivity contribution in [3.8, 4) is 33.4 Å². The van der Waals surface area contributed by atoms with Crippen LogP contribution in [-0.2, 0) is 0 Å². The molecule has 31 heavy (non-hydrogen) atoms. The third kappa shape index (κ3) is 2.94. The number of hydrogen-bond acceptors (Lipinski definition) is 1. The average molecular weight is 396 g/mol. The van der Waals surface area contributed by atoms with E-state index in [1.165, 1.54) is 38.8 Å². The number of furan rings is 1. The van der Waals surface area contributed by atoms with Crippen LogP contribution in [0.25, 0.3) is 55.3 Å². The van der Waals surface area contributed by atoms with Crippen molar-refractivity contribution in [2.45, 2.75) is 0 Å². The van der Waals surface area contributed by atoms with Crippen LogP contribution in [0, 0.1) is 0 Å². The van der Waals surface area contributed by atoms with Gasteiger partial charge < -0.3 is 4.42 Å². The maximum absolute atomic E-state index is 6.22. The number of fused-ring (bicyclic) bond motifs is 3. The molecule has 0 unspecified atom stereocenters. The predicted octanol–water partition coefficient (Wildman–Crippen LogP) is 8.59. The van der Waals surface area contributed by atoms with Crippen LogP contribution in [0.1, 0.15) is 0 Å². The van der Waals surface area contributed by atoms with E-state index >= 15 is 0 Å². The van der Waals surface area contributed by atoms with Crippen molar-refractivity contribution >= 4 is 21.9 Å². The second-order valence-electron chi connectivity index (χ2n) is 7.74. The molecule has 0 N–H and O–H groups in total. The van der Waals surface area contributed by atoms with Gasteiger partial charge in [0.15, 0.2) is 0 Å². The molecule has 146 valence electrons. The van der Waals surface area contributed by atoms with E-state index in [4.69, 9.17) is 4.42 Å². The van der Waals surface area contributed by atoms with Gasteiger partial charge in [0.25, 0.3) is 0 Å². The molecule has 0 bridgehead atoms. The zero-order valence-electron chi connectivity index (χ0n) is 17.0. The molecular weight excluding hydrogens is 376 g/mol.